The molecule has 3 aromatic heterocycles. The highest BCUT2D eigenvalue weighted by molar-refractivity contribution is 14.1. The number of carbonyl (C=O) groups excluding carboxylic acids is 1. The van der Waals surface area contributed by atoms with Crippen LogP contribution in [0.15, 0.2) is 42.9 Å². The van der Waals surface area contributed by atoms with Crippen molar-refractivity contribution in [1.82, 2.24) is 29.6 Å². The summed E-state index contributed by atoms with van der Waals surface area (Å²) in [5, 5.41) is 5.40. The molecule has 1 aliphatic heterocycles. The number of carbonyl (C=O) groups is 1. The van der Waals surface area contributed by atoms with Crippen molar-refractivity contribution in [2.45, 2.75) is 6.54 Å². The van der Waals surface area contributed by atoms with E-state index in [9.17, 15) is 13.6 Å². The molecule has 0 spiro atoms. The number of nitrogens with zero attached hydrogens (tertiary/aromatic N) is 6. The number of amides is 1. The zero-order chi connectivity index (χ0) is 24.4. The topological polar surface area (TPSA) is 92.2 Å². The normalized spacial score (nSPS) is 14.0. The summed E-state index contributed by atoms with van der Waals surface area (Å²) in [5.74, 6) is 0.586. The Morgan fingerprint density at radius 3 is 2.74 bits per heavy atom. The highest BCUT2D eigenvalue weighted by Gasteiger charge is 2.25. The SMILES string of the molecule is O=C(Cn1nc(-c2ncc[nH]2)c2cccnc21)N1CCN(c2cc(OCCF)c(I)cc2F)CC1. The number of nitrogens with one attached hydrogen (secondary N) is 1. The standard InChI is InChI=1S/C23H22F2IN7O2/c24-3-11-35-19-13-18(16(25)12-17(19)26)31-7-9-32(10-8-31)20(34)14-33-23-15(2-1-4-29-23)21(30-33)22-27-5-6-28-22/h1-2,4-6,12-13H,3,7-11,14H2,(H,27,28). The van der Waals surface area contributed by atoms with Crippen molar-refractivity contribution in [3.05, 3.63) is 52.2 Å². The number of halogens is 3. The van der Waals surface area contributed by atoms with E-state index >= 15 is 0 Å². The number of fused-ring (bicyclic) bond motifs is 1. The van der Waals surface area contributed by atoms with E-state index in [1.54, 1.807) is 34.2 Å². The van der Waals surface area contributed by atoms with Gasteiger partial charge in [0, 0.05) is 50.8 Å². The number of hydrogen-bond acceptors (Lipinski definition) is 6. The maximum absolute atomic E-state index is 14.7. The van der Waals surface area contributed by atoms with Crippen LogP contribution in [0.4, 0.5) is 14.5 Å². The van der Waals surface area contributed by atoms with Crippen molar-refractivity contribution in [2.24, 2.45) is 0 Å². The number of piperazine rings is 1. The van der Waals surface area contributed by atoms with Gasteiger partial charge >= 0.3 is 0 Å². The molecule has 4 aromatic rings. The number of anilines is 1. The largest absolute Gasteiger partial charge is 0.490 e. The van der Waals surface area contributed by atoms with Gasteiger partial charge in [0.25, 0.3) is 0 Å². The Morgan fingerprint density at radius 2 is 2.00 bits per heavy atom. The number of alkyl halides is 1. The van der Waals surface area contributed by atoms with Crippen molar-refractivity contribution < 1.29 is 18.3 Å². The molecule has 1 amide bonds. The van der Waals surface area contributed by atoms with Gasteiger partial charge in [0.15, 0.2) is 11.5 Å². The molecule has 0 bridgehead atoms. The Kier molecular flexibility index (Phi) is 6.79. The monoisotopic (exact) mass is 593 g/mol. The number of H-pyrrole nitrogens is 1. The molecule has 1 aliphatic rings. The molecule has 1 saturated heterocycles. The van der Waals surface area contributed by atoms with Crippen molar-refractivity contribution >= 4 is 45.2 Å². The van der Waals surface area contributed by atoms with Gasteiger partial charge < -0.3 is 19.5 Å². The second-order valence-electron chi connectivity index (χ2n) is 7.96. The lowest BCUT2D eigenvalue weighted by Crippen LogP contribution is -2.50. The molecular formula is C23H22F2IN7O2. The lowest BCUT2D eigenvalue weighted by Gasteiger charge is -2.36. The summed E-state index contributed by atoms with van der Waals surface area (Å²) in [7, 11) is 0. The first-order chi connectivity index (χ1) is 17.0. The van der Waals surface area contributed by atoms with Gasteiger partial charge in [-0.15, -0.1) is 0 Å². The molecule has 0 aliphatic carbocycles. The summed E-state index contributed by atoms with van der Waals surface area (Å²) in [6.45, 7) is 1.12. The van der Waals surface area contributed by atoms with E-state index in [-0.39, 0.29) is 24.9 Å². The highest BCUT2D eigenvalue weighted by atomic mass is 127. The predicted molar refractivity (Wildman–Crippen MR) is 134 cm³/mol. The molecule has 1 fully saturated rings. The molecule has 5 rings (SSSR count). The number of pyridine rings is 1. The fourth-order valence-electron chi connectivity index (χ4n) is 4.13. The minimum absolute atomic E-state index is 0.0351. The van der Waals surface area contributed by atoms with E-state index < -0.39 is 6.67 Å². The predicted octanol–water partition coefficient (Wildman–Crippen LogP) is 3.26. The molecule has 35 heavy (non-hydrogen) atoms. The summed E-state index contributed by atoms with van der Waals surface area (Å²) in [5.41, 5.74) is 1.63. The lowest BCUT2D eigenvalue weighted by molar-refractivity contribution is -0.132. The first-order valence-electron chi connectivity index (χ1n) is 11.1. The first-order valence-corrected chi connectivity index (χ1v) is 12.1. The van der Waals surface area contributed by atoms with Crippen LogP contribution in [0.3, 0.4) is 0 Å². The van der Waals surface area contributed by atoms with E-state index in [2.05, 4.69) is 20.1 Å². The van der Waals surface area contributed by atoms with Crippen LogP contribution in [0, 0.1) is 9.39 Å². The summed E-state index contributed by atoms with van der Waals surface area (Å²) < 4.78 is 34.8. The second kappa shape index (κ2) is 10.1. The number of ether oxygens (including phenoxy) is 1. The van der Waals surface area contributed by atoms with E-state index in [1.165, 1.54) is 6.07 Å². The van der Waals surface area contributed by atoms with Crippen molar-refractivity contribution in [1.29, 1.82) is 0 Å². The Balaban J connectivity index is 1.28. The van der Waals surface area contributed by atoms with E-state index in [1.807, 2.05) is 39.6 Å². The fourth-order valence-corrected chi connectivity index (χ4v) is 4.72. The van der Waals surface area contributed by atoms with Gasteiger partial charge in [-0.3, -0.25) is 4.79 Å². The molecular weight excluding hydrogens is 571 g/mol. The molecule has 182 valence electrons. The average Bonchev–Trinajstić information content (AvgIpc) is 3.52. The van der Waals surface area contributed by atoms with Gasteiger partial charge in [-0.25, -0.2) is 23.4 Å². The van der Waals surface area contributed by atoms with Crippen LogP contribution in [0.1, 0.15) is 0 Å². The van der Waals surface area contributed by atoms with E-state index in [0.29, 0.717) is 58.4 Å². The van der Waals surface area contributed by atoms with E-state index in [4.69, 9.17) is 4.74 Å². The fraction of sp³-hybridized carbons (Fsp3) is 0.304. The third-order valence-electron chi connectivity index (χ3n) is 5.82. The Morgan fingerprint density at radius 1 is 1.17 bits per heavy atom. The molecule has 1 aromatic carbocycles. The average molecular weight is 593 g/mol. The van der Waals surface area contributed by atoms with Crippen LogP contribution in [-0.2, 0) is 11.3 Å². The summed E-state index contributed by atoms with van der Waals surface area (Å²) in [6.07, 6.45) is 5.03. The van der Waals surface area contributed by atoms with Gasteiger partial charge in [-0.05, 0) is 40.8 Å². The van der Waals surface area contributed by atoms with Crippen LogP contribution >= 0.6 is 22.6 Å². The molecule has 0 saturated carbocycles. The minimum Gasteiger partial charge on any atom is -0.490 e. The number of rotatable bonds is 7. The molecule has 0 radical (unpaired) electrons. The quantitative estimate of drug-likeness (QED) is 0.331. The summed E-state index contributed by atoms with van der Waals surface area (Å²) in [4.78, 5) is 28.4. The summed E-state index contributed by atoms with van der Waals surface area (Å²) in [6, 6.07) is 6.70. The van der Waals surface area contributed by atoms with Gasteiger partial charge in [0.1, 0.15) is 37.1 Å². The van der Waals surface area contributed by atoms with Gasteiger partial charge in [0.05, 0.1) is 14.6 Å². The first kappa shape index (κ1) is 23.5. The Labute approximate surface area is 213 Å². The Hall–Kier alpha value is -3.29. The van der Waals surface area contributed by atoms with Crippen LogP contribution < -0.4 is 9.64 Å². The zero-order valence-corrected chi connectivity index (χ0v) is 20.8. The molecule has 4 heterocycles. The number of imidazole rings is 1. The van der Waals surface area contributed by atoms with Crippen molar-refractivity contribution in [3.63, 3.8) is 0 Å². The van der Waals surface area contributed by atoms with Gasteiger partial charge in [-0.1, -0.05) is 0 Å². The van der Waals surface area contributed by atoms with E-state index in [0.717, 1.165) is 5.39 Å². The molecule has 0 atom stereocenters. The second-order valence-corrected chi connectivity index (χ2v) is 9.12. The number of aromatic nitrogens is 5. The minimum atomic E-state index is -0.617. The van der Waals surface area contributed by atoms with Crippen molar-refractivity contribution in [3.8, 4) is 17.3 Å². The lowest BCUT2D eigenvalue weighted by atomic mass is 10.2. The molecule has 1 N–H and O–H groups in total. The van der Waals surface area contributed by atoms with Crippen LogP contribution in [0.25, 0.3) is 22.6 Å². The number of benzene rings is 1. The van der Waals surface area contributed by atoms with Crippen molar-refractivity contribution in [2.75, 3.05) is 44.4 Å². The number of aromatic amines is 1. The highest BCUT2D eigenvalue weighted by Crippen LogP contribution is 2.31. The van der Waals surface area contributed by atoms with Gasteiger partial charge in [-0.2, -0.15) is 5.10 Å². The zero-order valence-electron chi connectivity index (χ0n) is 18.6. The maximum atomic E-state index is 14.7. The smallest absolute Gasteiger partial charge is 0.244 e. The van der Waals surface area contributed by atoms with Crippen LogP contribution in [-0.4, -0.2) is 75.0 Å². The van der Waals surface area contributed by atoms with Crippen LogP contribution in [0.5, 0.6) is 5.75 Å². The summed E-state index contributed by atoms with van der Waals surface area (Å²) >= 11 is 1.97. The van der Waals surface area contributed by atoms with Crippen LogP contribution in [0.2, 0.25) is 0 Å². The third-order valence-corrected chi connectivity index (χ3v) is 6.67. The molecule has 9 nitrogen and oxygen atoms in total. The van der Waals surface area contributed by atoms with Gasteiger partial charge in [0.2, 0.25) is 5.91 Å². The number of hydrogen-bond donors (Lipinski definition) is 1. The molecule has 12 heteroatoms. The molecule has 0 unspecified atom stereocenters. The third kappa shape index (κ3) is 4.79. The Bertz CT molecular complexity index is 1340. The maximum Gasteiger partial charge on any atom is 0.244 e.